The van der Waals surface area contributed by atoms with Crippen molar-refractivity contribution in [1.82, 2.24) is 0 Å². The summed E-state index contributed by atoms with van der Waals surface area (Å²) in [7, 11) is 3.13. The summed E-state index contributed by atoms with van der Waals surface area (Å²) in [5, 5.41) is 1.09. The van der Waals surface area contributed by atoms with Crippen LogP contribution in [0.1, 0.15) is 27.0 Å². The van der Waals surface area contributed by atoms with Crippen LogP contribution in [-0.4, -0.2) is 20.0 Å². The SMILES string of the molecule is COc1ccc(/C=C2\Oc3cc(OCc4ccc(Cl)cc4Cl)cc(C)c3C2=O)cc1OC. The van der Waals surface area contributed by atoms with Crippen LogP contribution in [0, 0.1) is 6.92 Å². The van der Waals surface area contributed by atoms with E-state index in [1.807, 2.05) is 25.1 Å². The molecule has 3 aromatic rings. The molecule has 0 fully saturated rings. The molecule has 0 aliphatic carbocycles. The molecule has 0 N–H and O–H groups in total. The van der Waals surface area contributed by atoms with Gasteiger partial charge in [-0.25, -0.2) is 0 Å². The van der Waals surface area contributed by atoms with E-state index < -0.39 is 0 Å². The fourth-order valence-electron chi connectivity index (χ4n) is 3.45. The van der Waals surface area contributed by atoms with Gasteiger partial charge in [0.15, 0.2) is 17.3 Å². The largest absolute Gasteiger partial charge is 0.493 e. The second-order valence-electron chi connectivity index (χ2n) is 7.19. The number of benzene rings is 3. The summed E-state index contributed by atoms with van der Waals surface area (Å²) in [6, 6.07) is 14.1. The number of methoxy groups -OCH3 is 2. The van der Waals surface area contributed by atoms with Crippen LogP contribution in [0.5, 0.6) is 23.0 Å². The highest BCUT2D eigenvalue weighted by Crippen LogP contribution is 2.38. The highest BCUT2D eigenvalue weighted by Gasteiger charge is 2.30. The topological polar surface area (TPSA) is 54.0 Å². The molecule has 1 heterocycles. The normalized spacial score (nSPS) is 13.7. The lowest BCUT2D eigenvalue weighted by atomic mass is 10.0. The maximum Gasteiger partial charge on any atom is 0.232 e. The third kappa shape index (κ3) is 4.40. The molecule has 1 aliphatic rings. The van der Waals surface area contributed by atoms with E-state index in [-0.39, 0.29) is 18.1 Å². The summed E-state index contributed by atoms with van der Waals surface area (Å²) in [5.41, 5.74) is 2.85. The Morgan fingerprint density at radius 3 is 2.47 bits per heavy atom. The molecule has 0 atom stereocenters. The van der Waals surface area contributed by atoms with Crippen LogP contribution in [0.3, 0.4) is 0 Å². The monoisotopic (exact) mass is 470 g/mol. The zero-order chi connectivity index (χ0) is 22.8. The third-order valence-corrected chi connectivity index (χ3v) is 5.65. The van der Waals surface area contributed by atoms with Crippen LogP contribution in [-0.2, 0) is 6.61 Å². The molecule has 5 nitrogen and oxygen atoms in total. The van der Waals surface area contributed by atoms with Crippen LogP contribution in [0.25, 0.3) is 6.08 Å². The van der Waals surface area contributed by atoms with Crippen molar-refractivity contribution in [3.05, 3.63) is 86.6 Å². The van der Waals surface area contributed by atoms with Crippen LogP contribution in [0.2, 0.25) is 10.0 Å². The molecule has 32 heavy (non-hydrogen) atoms. The number of Topliss-reactive ketones (excluding diaryl/α,β-unsaturated/α-hetero) is 1. The number of fused-ring (bicyclic) bond motifs is 1. The van der Waals surface area contributed by atoms with E-state index >= 15 is 0 Å². The molecule has 0 spiro atoms. The van der Waals surface area contributed by atoms with Gasteiger partial charge in [0.25, 0.3) is 0 Å². The molecular formula is C25H20Cl2O5. The highest BCUT2D eigenvalue weighted by molar-refractivity contribution is 6.35. The molecule has 0 amide bonds. The summed E-state index contributed by atoms with van der Waals surface area (Å²) in [6.45, 7) is 2.11. The van der Waals surface area contributed by atoms with Crippen LogP contribution >= 0.6 is 23.2 Å². The van der Waals surface area contributed by atoms with E-state index in [0.717, 1.165) is 16.7 Å². The second kappa shape index (κ2) is 9.15. The van der Waals surface area contributed by atoms with E-state index in [9.17, 15) is 4.79 Å². The molecule has 7 heteroatoms. The molecule has 0 radical (unpaired) electrons. The van der Waals surface area contributed by atoms with Gasteiger partial charge in [0.1, 0.15) is 18.1 Å². The number of hydrogen-bond acceptors (Lipinski definition) is 5. The fraction of sp³-hybridized carbons (Fsp3) is 0.160. The molecule has 0 saturated heterocycles. The van der Waals surface area contributed by atoms with Crippen molar-refractivity contribution >= 4 is 35.1 Å². The van der Waals surface area contributed by atoms with Gasteiger partial charge in [0.05, 0.1) is 19.8 Å². The fourth-order valence-corrected chi connectivity index (χ4v) is 3.92. The van der Waals surface area contributed by atoms with Crippen LogP contribution < -0.4 is 18.9 Å². The standard InChI is InChI=1S/C25H20Cl2O5/c1-14-8-18(31-13-16-5-6-17(26)11-19(16)27)12-22-24(14)25(28)23(32-22)10-15-4-7-20(29-2)21(9-15)30-3/h4-12H,13H2,1-3H3/b23-10-. The minimum absolute atomic E-state index is 0.181. The van der Waals surface area contributed by atoms with Gasteiger partial charge in [-0.15, -0.1) is 0 Å². The van der Waals surface area contributed by atoms with Crippen molar-refractivity contribution in [3.8, 4) is 23.0 Å². The zero-order valence-electron chi connectivity index (χ0n) is 17.7. The van der Waals surface area contributed by atoms with E-state index in [1.165, 1.54) is 0 Å². The Kier molecular flexibility index (Phi) is 6.31. The molecule has 0 bridgehead atoms. The lowest BCUT2D eigenvalue weighted by molar-refractivity contribution is 0.101. The number of carbonyl (C=O) groups is 1. The smallest absolute Gasteiger partial charge is 0.232 e. The van der Waals surface area contributed by atoms with E-state index in [2.05, 4.69) is 0 Å². The predicted octanol–water partition coefficient (Wildman–Crippen LogP) is 6.51. The number of allylic oxidation sites excluding steroid dienone is 1. The van der Waals surface area contributed by atoms with Crippen molar-refractivity contribution < 1.29 is 23.7 Å². The third-order valence-electron chi connectivity index (χ3n) is 5.06. The van der Waals surface area contributed by atoms with Crippen LogP contribution in [0.15, 0.2) is 54.3 Å². The number of aryl methyl sites for hydroxylation is 1. The van der Waals surface area contributed by atoms with E-state index in [0.29, 0.717) is 38.6 Å². The Morgan fingerprint density at radius 1 is 0.969 bits per heavy atom. The highest BCUT2D eigenvalue weighted by atomic mass is 35.5. The van der Waals surface area contributed by atoms with Gasteiger partial charge in [-0.05, 0) is 54.5 Å². The van der Waals surface area contributed by atoms with Gasteiger partial charge in [0.2, 0.25) is 5.78 Å². The number of rotatable bonds is 6. The quantitative estimate of drug-likeness (QED) is 0.384. The molecule has 3 aromatic carbocycles. The zero-order valence-corrected chi connectivity index (χ0v) is 19.2. The Hall–Kier alpha value is -3.15. The van der Waals surface area contributed by atoms with Crippen molar-refractivity contribution in [3.63, 3.8) is 0 Å². The molecular weight excluding hydrogens is 451 g/mol. The first kappa shape index (κ1) is 22.1. The molecule has 164 valence electrons. The average molecular weight is 471 g/mol. The van der Waals surface area contributed by atoms with Gasteiger partial charge in [-0.2, -0.15) is 0 Å². The Labute approximate surface area is 196 Å². The molecule has 0 saturated carbocycles. The first-order valence-electron chi connectivity index (χ1n) is 9.77. The van der Waals surface area contributed by atoms with E-state index in [1.54, 1.807) is 50.6 Å². The molecule has 1 aliphatic heterocycles. The summed E-state index contributed by atoms with van der Waals surface area (Å²) >= 11 is 12.2. The number of halogens is 2. The average Bonchev–Trinajstić information content (AvgIpc) is 3.08. The number of ether oxygens (including phenoxy) is 4. The molecule has 0 unspecified atom stereocenters. The van der Waals surface area contributed by atoms with Crippen molar-refractivity contribution in [1.29, 1.82) is 0 Å². The number of carbonyl (C=O) groups excluding carboxylic acids is 1. The molecule has 0 aromatic heterocycles. The Bertz CT molecular complexity index is 1230. The number of ketones is 1. The van der Waals surface area contributed by atoms with Crippen molar-refractivity contribution in [2.24, 2.45) is 0 Å². The minimum Gasteiger partial charge on any atom is -0.493 e. The first-order valence-corrected chi connectivity index (χ1v) is 10.5. The van der Waals surface area contributed by atoms with Crippen molar-refractivity contribution in [2.45, 2.75) is 13.5 Å². The summed E-state index contributed by atoms with van der Waals surface area (Å²) in [4.78, 5) is 12.9. The van der Waals surface area contributed by atoms with Gasteiger partial charge in [0, 0.05) is 21.7 Å². The van der Waals surface area contributed by atoms with Gasteiger partial charge < -0.3 is 18.9 Å². The lowest BCUT2D eigenvalue weighted by Gasteiger charge is -2.10. The predicted molar refractivity (Wildman–Crippen MR) is 124 cm³/mol. The maximum atomic E-state index is 12.9. The van der Waals surface area contributed by atoms with Gasteiger partial charge in [-0.1, -0.05) is 35.3 Å². The van der Waals surface area contributed by atoms with Gasteiger partial charge >= 0.3 is 0 Å². The number of hydrogen-bond donors (Lipinski definition) is 0. The lowest BCUT2D eigenvalue weighted by Crippen LogP contribution is -2.00. The first-order chi connectivity index (χ1) is 15.4. The van der Waals surface area contributed by atoms with Crippen molar-refractivity contribution in [2.75, 3.05) is 14.2 Å². The van der Waals surface area contributed by atoms with E-state index in [4.69, 9.17) is 42.1 Å². The Balaban J connectivity index is 1.57. The Morgan fingerprint density at radius 2 is 1.75 bits per heavy atom. The van der Waals surface area contributed by atoms with Gasteiger partial charge in [-0.3, -0.25) is 4.79 Å². The molecule has 4 rings (SSSR count). The second-order valence-corrected chi connectivity index (χ2v) is 8.04. The summed E-state index contributed by atoms with van der Waals surface area (Å²) in [6.07, 6.45) is 1.68. The minimum atomic E-state index is -0.181. The maximum absolute atomic E-state index is 12.9. The summed E-state index contributed by atoms with van der Waals surface area (Å²) in [5.74, 6) is 2.26. The summed E-state index contributed by atoms with van der Waals surface area (Å²) < 4.78 is 22.4. The van der Waals surface area contributed by atoms with Crippen LogP contribution in [0.4, 0.5) is 0 Å².